The third kappa shape index (κ3) is 3.87. The van der Waals surface area contributed by atoms with Crippen molar-refractivity contribution in [3.8, 4) is 0 Å². The number of nitrogens with zero attached hydrogens (tertiary/aromatic N) is 3. The molecule has 0 amide bonds. The summed E-state index contributed by atoms with van der Waals surface area (Å²) in [5.41, 5.74) is 0. The van der Waals surface area contributed by atoms with E-state index >= 15 is 0 Å². The van der Waals surface area contributed by atoms with Gasteiger partial charge in [-0.15, -0.1) is 0 Å². The molecule has 2 heterocycles. The molecule has 7 heteroatoms. The van der Waals surface area contributed by atoms with E-state index in [2.05, 4.69) is 32.0 Å². The summed E-state index contributed by atoms with van der Waals surface area (Å²) in [7, 11) is 3.37. The molecule has 2 rings (SSSR count). The first-order valence-corrected chi connectivity index (χ1v) is 6.14. The molecule has 0 aliphatic carbocycles. The van der Waals surface area contributed by atoms with E-state index in [0.717, 1.165) is 19.7 Å². The van der Waals surface area contributed by atoms with Crippen LogP contribution in [0.15, 0.2) is 12.3 Å². The molecule has 1 aromatic rings. The number of anilines is 1. The van der Waals surface area contributed by atoms with Gasteiger partial charge < -0.3 is 19.7 Å². The lowest BCUT2D eigenvalue weighted by molar-refractivity contribution is -0.0117. The molecular weight excluding hydrogens is 248 g/mol. The number of methoxy groups -OCH3 is 1. The standard InChI is InChI=1S/C12H18N4O3/c1-16-5-6-19-9(8-16)7-14-10-3-4-13-11(15-10)12(17)18-2/h3-4,9H,5-8H2,1-2H3,(H,13,14,15). The molecule has 0 spiro atoms. The number of rotatable bonds is 4. The number of esters is 1. The number of morpholine rings is 1. The number of aromatic nitrogens is 2. The van der Waals surface area contributed by atoms with Crippen LogP contribution in [0.2, 0.25) is 0 Å². The highest BCUT2D eigenvalue weighted by molar-refractivity contribution is 5.85. The maximum Gasteiger partial charge on any atom is 0.376 e. The maximum absolute atomic E-state index is 11.3. The Labute approximate surface area is 111 Å². The third-order valence-electron chi connectivity index (χ3n) is 2.88. The minimum Gasteiger partial charge on any atom is -0.463 e. The molecule has 0 radical (unpaired) electrons. The summed E-state index contributed by atoms with van der Waals surface area (Å²) in [6.45, 7) is 3.21. The minimum atomic E-state index is -0.544. The van der Waals surface area contributed by atoms with Crippen molar-refractivity contribution in [2.45, 2.75) is 6.10 Å². The van der Waals surface area contributed by atoms with Crippen molar-refractivity contribution in [2.24, 2.45) is 0 Å². The Kier molecular flexibility index (Phi) is 4.64. The van der Waals surface area contributed by atoms with Crippen molar-refractivity contribution in [3.63, 3.8) is 0 Å². The van der Waals surface area contributed by atoms with Crippen molar-refractivity contribution in [1.82, 2.24) is 14.9 Å². The van der Waals surface area contributed by atoms with Crippen LogP contribution in [0.25, 0.3) is 0 Å². The van der Waals surface area contributed by atoms with Crippen LogP contribution in [0.5, 0.6) is 0 Å². The fraction of sp³-hybridized carbons (Fsp3) is 0.583. The van der Waals surface area contributed by atoms with E-state index in [1.807, 2.05) is 0 Å². The molecule has 1 saturated heterocycles. The van der Waals surface area contributed by atoms with Crippen LogP contribution in [0, 0.1) is 0 Å². The smallest absolute Gasteiger partial charge is 0.376 e. The summed E-state index contributed by atoms with van der Waals surface area (Å²) < 4.78 is 10.2. The van der Waals surface area contributed by atoms with Gasteiger partial charge in [-0.25, -0.2) is 14.8 Å². The second-order valence-electron chi connectivity index (χ2n) is 4.39. The molecular formula is C12H18N4O3. The maximum atomic E-state index is 11.3. The molecule has 104 valence electrons. The van der Waals surface area contributed by atoms with Gasteiger partial charge in [0, 0.05) is 25.8 Å². The summed E-state index contributed by atoms with van der Waals surface area (Å²) in [6.07, 6.45) is 1.64. The number of likely N-dealkylation sites (N-methyl/N-ethyl adjacent to an activating group) is 1. The predicted octanol–water partition coefficient (Wildman–Crippen LogP) is 0.00570. The molecule has 0 saturated carbocycles. The molecule has 1 fully saturated rings. The van der Waals surface area contributed by atoms with Gasteiger partial charge in [0.25, 0.3) is 0 Å². The quantitative estimate of drug-likeness (QED) is 0.769. The third-order valence-corrected chi connectivity index (χ3v) is 2.88. The van der Waals surface area contributed by atoms with Gasteiger partial charge in [0.1, 0.15) is 5.82 Å². The molecule has 1 aliphatic heterocycles. The van der Waals surface area contributed by atoms with Crippen LogP contribution in [0.1, 0.15) is 10.6 Å². The van der Waals surface area contributed by atoms with Crippen LogP contribution in [-0.4, -0.2) is 67.3 Å². The van der Waals surface area contributed by atoms with Crippen molar-refractivity contribution in [1.29, 1.82) is 0 Å². The zero-order valence-electron chi connectivity index (χ0n) is 11.1. The van der Waals surface area contributed by atoms with Gasteiger partial charge in [-0.2, -0.15) is 0 Å². The zero-order chi connectivity index (χ0) is 13.7. The van der Waals surface area contributed by atoms with Crippen molar-refractivity contribution < 1.29 is 14.3 Å². The van der Waals surface area contributed by atoms with Gasteiger partial charge in [0.2, 0.25) is 5.82 Å². The Morgan fingerprint density at radius 1 is 1.68 bits per heavy atom. The van der Waals surface area contributed by atoms with E-state index in [1.165, 1.54) is 13.3 Å². The van der Waals surface area contributed by atoms with Crippen LogP contribution in [0.3, 0.4) is 0 Å². The summed E-state index contributed by atoms with van der Waals surface area (Å²) >= 11 is 0. The molecule has 1 unspecified atom stereocenters. The highest BCUT2D eigenvalue weighted by Gasteiger charge is 2.17. The number of hydrogen-bond donors (Lipinski definition) is 1. The second-order valence-corrected chi connectivity index (χ2v) is 4.39. The second kappa shape index (κ2) is 6.44. The van der Waals surface area contributed by atoms with Crippen molar-refractivity contribution in [3.05, 3.63) is 18.1 Å². The lowest BCUT2D eigenvalue weighted by Gasteiger charge is -2.30. The van der Waals surface area contributed by atoms with Gasteiger partial charge >= 0.3 is 5.97 Å². The highest BCUT2D eigenvalue weighted by atomic mass is 16.5. The Hall–Kier alpha value is -1.73. The molecule has 19 heavy (non-hydrogen) atoms. The summed E-state index contributed by atoms with van der Waals surface area (Å²) in [6, 6.07) is 1.71. The molecule has 0 aromatic carbocycles. The van der Waals surface area contributed by atoms with Crippen LogP contribution >= 0.6 is 0 Å². The van der Waals surface area contributed by atoms with Crippen LogP contribution < -0.4 is 5.32 Å². The van der Waals surface area contributed by atoms with Gasteiger partial charge in [0.05, 0.1) is 19.8 Å². The summed E-state index contributed by atoms with van der Waals surface area (Å²) in [5.74, 6) is 0.0960. The first kappa shape index (κ1) is 13.7. The van der Waals surface area contributed by atoms with Gasteiger partial charge in [0.15, 0.2) is 0 Å². The van der Waals surface area contributed by atoms with E-state index in [0.29, 0.717) is 12.4 Å². The summed E-state index contributed by atoms with van der Waals surface area (Å²) in [5, 5.41) is 3.14. The van der Waals surface area contributed by atoms with Crippen molar-refractivity contribution in [2.75, 3.05) is 45.7 Å². The molecule has 0 bridgehead atoms. The average molecular weight is 266 g/mol. The fourth-order valence-electron chi connectivity index (χ4n) is 1.86. The predicted molar refractivity (Wildman–Crippen MR) is 69.1 cm³/mol. The Morgan fingerprint density at radius 2 is 2.53 bits per heavy atom. The molecule has 7 nitrogen and oxygen atoms in total. The number of hydrogen-bond acceptors (Lipinski definition) is 7. The molecule has 1 aromatic heterocycles. The van der Waals surface area contributed by atoms with E-state index < -0.39 is 5.97 Å². The van der Waals surface area contributed by atoms with E-state index in [9.17, 15) is 4.79 Å². The molecule has 1 aliphatic rings. The fourth-order valence-corrected chi connectivity index (χ4v) is 1.86. The average Bonchev–Trinajstić information content (AvgIpc) is 2.45. The lowest BCUT2D eigenvalue weighted by Crippen LogP contribution is -2.43. The topological polar surface area (TPSA) is 76.6 Å². The van der Waals surface area contributed by atoms with Gasteiger partial charge in [-0.05, 0) is 13.1 Å². The van der Waals surface area contributed by atoms with Crippen molar-refractivity contribution >= 4 is 11.8 Å². The number of nitrogens with one attached hydrogen (secondary N) is 1. The monoisotopic (exact) mass is 266 g/mol. The van der Waals surface area contributed by atoms with E-state index in [1.54, 1.807) is 6.07 Å². The number of carbonyl (C=O) groups excluding carboxylic acids is 1. The SMILES string of the molecule is COC(=O)c1nccc(NCC2CN(C)CCO2)n1. The largest absolute Gasteiger partial charge is 0.463 e. The van der Waals surface area contributed by atoms with Gasteiger partial charge in [-0.3, -0.25) is 0 Å². The minimum absolute atomic E-state index is 0.0502. The van der Waals surface area contributed by atoms with Crippen LogP contribution in [0.4, 0.5) is 5.82 Å². The Balaban J connectivity index is 1.90. The van der Waals surface area contributed by atoms with E-state index in [4.69, 9.17) is 4.74 Å². The number of ether oxygens (including phenoxy) is 2. The summed E-state index contributed by atoms with van der Waals surface area (Å²) in [4.78, 5) is 21.5. The number of carbonyl (C=O) groups is 1. The first-order valence-electron chi connectivity index (χ1n) is 6.14. The molecule has 1 atom stereocenters. The van der Waals surface area contributed by atoms with Gasteiger partial charge in [-0.1, -0.05) is 0 Å². The first-order chi connectivity index (χ1) is 9.19. The Bertz CT molecular complexity index is 441. The zero-order valence-corrected chi connectivity index (χ0v) is 11.1. The normalized spacial score (nSPS) is 20.0. The van der Waals surface area contributed by atoms with E-state index in [-0.39, 0.29) is 11.9 Å². The molecule has 1 N–H and O–H groups in total. The highest BCUT2D eigenvalue weighted by Crippen LogP contribution is 2.07. The van der Waals surface area contributed by atoms with Crippen LogP contribution in [-0.2, 0) is 9.47 Å². The lowest BCUT2D eigenvalue weighted by atomic mass is 10.3. The Morgan fingerprint density at radius 3 is 3.26 bits per heavy atom.